The SMILES string of the molecule is CSC(N)=Nc1cccc(C(F)(F)F)c1.CSc1cc(N)cc(Sc2ccc(-c3nc(Nc4cccc(C(F)(F)F)c4)n[nH]3)cc2)c1.CSc1cc(N)cc(Sc2ccc(C(=O)NN)cc2)c1.I. The van der Waals surface area contributed by atoms with Gasteiger partial charge in [-0.2, -0.15) is 31.3 Å². The first kappa shape index (κ1) is 55.4. The molecule has 1 heterocycles. The summed E-state index contributed by atoms with van der Waals surface area (Å²) in [6.07, 6.45) is -3.04. The maximum atomic E-state index is 12.9. The van der Waals surface area contributed by atoms with E-state index in [1.165, 1.54) is 36.0 Å². The quantitative estimate of drug-likeness (QED) is 0.00744. The summed E-state index contributed by atoms with van der Waals surface area (Å²) < 4.78 is 75.6. The lowest BCUT2D eigenvalue weighted by atomic mass is 10.2. The third kappa shape index (κ3) is 17.4. The fourth-order valence-electron chi connectivity index (χ4n) is 5.53. The van der Waals surface area contributed by atoms with E-state index in [0.717, 1.165) is 70.6 Å². The molecular formula is C45H43F6IN10OS5. The van der Waals surface area contributed by atoms with Crippen molar-refractivity contribution in [1.82, 2.24) is 20.6 Å². The van der Waals surface area contributed by atoms with Crippen molar-refractivity contribution in [2.75, 3.05) is 35.6 Å². The molecule has 0 aliphatic heterocycles. The van der Waals surface area contributed by atoms with Gasteiger partial charge in [0, 0.05) is 57.6 Å². The van der Waals surface area contributed by atoms with Crippen LogP contribution in [0.25, 0.3) is 11.4 Å². The maximum absolute atomic E-state index is 12.9. The van der Waals surface area contributed by atoms with Gasteiger partial charge >= 0.3 is 12.4 Å². The normalized spacial score (nSPS) is 11.3. The van der Waals surface area contributed by atoms with Crippen LogP contribution in [-0.2, 0) is 12.4 Å². The number of hydrogen-bond donors (Lipinski definition) is 7. The second kappa shape index (κ2) is 26.0. The van der Waals surface area contributed by atoms with E-state index in [0.29, 0.717) is 11.4 Å². The average molecular weight is 1140 g/mol. The summed E-state index contributed by atoms with van der Waals surface area (Å²) in [5, 5.41) is 9.88. The Kier molecular flexibility index (Phi) is 21.2. The molecule has 1 aromatic heterocycles. The Morgan fingerprint density at radius 2 is 1.15 bits per heavy atom. The van der Waals surface area contributed by atoms with Gasteiger partial charge in [-0.05, 0) is 128 Å². The summed E-state index contributed by atoms with van der Waals surface area (Å²) >= 11 is 7.68. The molecular weight excluding hydrogens is 1100 g/mol. The number of hydrogen-bond acceptors (Lipinski definition) is 13. The van der Waals surface area contributed by atoms with E-state index in [4.69, 9.17) is 23.0 Å². The number of nitrogens with two attached hydrogens (primary N) is 4. The number of aliphatic imine (C=N–C) groups is 1. The molecule has 11 nitrogen and oxygen atoms in total. The molecule has 6 aromatic carbocycles. The molecule has 0 bridgehead atoms. The zero-order valence-electron chi connectivity index (χ0n) is 36.0. The van der Waals surface area contributed by atoms with E-state index in [1.54, 1.807) is 65.4 Å². The highest BCUT2D eigenvalue weighted by atomic mass is 127. The van der Waals surface area contributed by atoms with E-state index >= 15 is 0 Å². The molecule has 0 radical (unpaired) electrons. The Labute approximate surface area is 426 Å². The molecule has 358 valence electrons. The van der Waals surface area contributed by atoms with E-state index < -0.39 is 23.5 Å². The topological polar surface area (TPSA) is 199 Å². The van der Waals surface area contributed by atoms with Gasteiger partial charge in [-0.3, -0.25) is 15.3 Å². The minimum Gasteiger partial charge on any atom is -0.399 e. The zero-order chi connectivity index (χ0) is 48.7. The Morgan fingerprint density at radius 1 is 0.647 bits per heavy atom. The van der Waals surface area contributed by atoms with Gasteiger partial charge in [0.1, 0.15) is 0 Å². The smallest absolute Gasteiger partial charge is 0.399 e. The second-order valence-corrected chi connectivity index (χ2v) is 18.4. The maximum Gasteiger partial charge on any atom is 0.416 e. The highest BCUT2D eigenvalue weighted by Gasteiger charge is 2.31. The van der Waals surface area contributed by atoms with Crippen LogP contribution in [0.3, 0.4) is 0 Å². The molecule has 0 aliphatic carbocycles. The Balaban J connectivity index is 0.000000240. The fourth-order valence-corrected chi connectivity index (χ4v) is 8.72. The van der Waals surface area contributed by atoms with Gasteiger partial charge in [0.15, 0.2) is 11.0 Å². The summed E-state index contributed by atoms with van der Waals surface area (Å²) in [6.45, 7) is 0. The molecule has 0 unspecified atom stereocenters. The Bertz CT molecular complexity index is 2780. The van der Waals surface area contributed by atoms with Crippen LogP contribution in [0.15, 0.2) is 168 Å². The van der Waals surface area contributed by atoms with Gasteiger partial charge in [0.25, 0.3) is 5.91 Å². The van der Waals surface area contributed by atoms with Crippen molar-refractivity contribution >= 4 is 123 Å². The van der Waals surface area contributed by atoms with Crippen LogP contribution in [0.4, 0.5) is 55.0 Å². The number of nitrogens with one attached hydrogen (secondary N) is 3. The number of aromatic amines is 1. The third-order valence-electron chi connectivity index (χ3n) is 8.68. The van der Waals surface area contributed by atoms with Gasteiger partial charge in [-0.15, -0.1) is 52.6 Å². The lowest BCUT2D eigenvalue weighted by molar-refractivity contribution is -0.138. The number of carbonyl (C=O) groups excluding carboxylic acids is 1. The highest BCUT2D eigenvalue weighted by molar-refractivity contribution is 14.0. The van der Waals surface area contributed by atoms with E-state index in [2.05, 4.69) is 43.0 Å². The van der Waals surface area contributed by atoms with Gasteiger partial charge in [0.2, 0.25) is 5.95 Å². The fraction of sp³-hybridized carbons (Fsp3) is 0.111. The van der Waals surface area contributed by atoms with E-state index in [1.807, 2.05) is 73.2 Å². The zero-order valence-corrected chi connectivity index (χ0v) is 42.4. The molecule has 0 saturated heterocycles. The third-order valence-corrected chi connectivity index (χ3v) is 12.6. The first-order valence-corrected chi connectivity index (χ1v) is 24.5. The van der Waals surface area contributed by atoms with E-state index in [-0.39, 0.29) is 52.4 Å². The molecule has 0 atom stereocenters. The number of amidine groups is 1. The first-order valence-electron chi connectivity index (χ1n) is 19.2. The van der Waals surface area contributed by atoms with Crippen LogP contribution in [0.2, 0.25) is 0 Å². The molecule has 7 rings (SSSR count). The van der Waals surface area contributed by atoms with Crippen molar-refractivity contribution < 1.29 is 31.1 Å². The largest absolute Gasteiger partial charge is 0.416 e. The van der Waals surface area contributed by atoms with Crippen LogP contribution >= 0.6 is 82.8 Å². The number of hydrazine groups is 1. The van der Waals surface area contributed by atoms with Crippen molar-refractivity contribution in [1.29, 1.82) is 0 Å². The number of nitrogen functional groups attached to an aromatic ring is 3. The number of H-pyrrole nitrogens is 1. The number of thioether (sulfide) groups is 3. The average Bonchev–Trinajstić information content (AvgIpc) is 3.77. The predicted octanol–water partition coefficient (Wildman–Crippen LogP) is 13.1. The van der Waals surface area contributed by atoms with Crippen LogP contribution in [0.5, 0.6) is 0 Å². The summed E-state index contributed by atoms with van der Waals surface area (Å²) in [5.41, 5.74) is 21.2. The number of amides is 1. The standard InChI is InChI=1S/C22H18F3N5S2.C14H15N3OS2.C9H9F3N2S.HI/c1-31-18-10-15(26)11-19(12-18)32-17-7-5-13(6-8-17)20-28-21(30-29-20)27-16-4-2-3-14(9-16)22(23,24)25;1-19-12-6-10(15)7-13(8-12)20-11-4-2-9(3-5-11)14(18)17-16;1-15-8(13)14-7-4-2-3-6(5-7)9(10,11)12;/h2-12H,26H2,1H3,(H2,27,28,29,30);2-8H,15-16H2,1H3,(H,17,18);2-5H,1H3,(H2,13,14);1H. The Morgan fingerprint density at radius 3 is 1.65 bits per heavy atom. The molecule has 0 spiro atoms. The number of halogens is 7. The van der Waals surface area contributed by atoms with Crippen LogP contribution < -0.4 is 33.8 Å². The lowest BCUT2D eigenvalue weighted by Gasteiger charge is -2.08. The molecule has 23 heteroatoms. The molecule has 0 aliphatic rings. The number of carbonyl (C=O) groups is 1. The lowest BCUT2D eigenvalue weighted by Crippen LogP contribution is -2.29. The number of nitrogens with zero attached hydrogens (tertiary/aromatic N) is 3. The van der Waals surface area contributed by atoms with Crippen LogP contribution in [0.1, 0.15) is 21.5 Å². The van der Waals surface area contributed by atoms with Crippen LogP contribution in [0, 0.1) is 0 Å². The Hall–Kier alpha value is -5.18. The molecule has 0 fully saturated rings. The van der Waals surface area contributed by atoms with Crippen molar-refractivity contribution in [3.8, 4) is 11.4 Å². The molecule has 1 amide bonds. The minimum absolute atomic E-state index is 0. The van der Waals surface area contributed by atoms with Gasteiger partial charge in [-0.1, -0.05) is 59.6 Å². The monoisotopic (exact) mass is 1140 g/mol. The number of aromatic nitrogens is 3. The summed E-state index contributed by atoms with van der Waals surface area (Å²) in [5.74, 6) is 5.48. The van der Waals surface area contributed by atoms with Crippen molar-refractivity contribution in [2.45, 2.75) is 41.7 Å². The number of rotatable bonds is 11. The summed E-state index contributed by atoms with van der Waals surface area (Å²) in [7, 11) is 0. The van der Waals surface area contributed by atoms with Crippen molar-refractivity contribution in [3.05, 3.63) is 150 Å². The van der Waals surface area contributed by atoms with Gasteiger partial charge < -0.3 is 22.5 Å². The number of benzene rings is 6. The first-order chi connectivity index (χ1) is 31.8. The van der Waals surface area contributed by atoms with Crippen molar-refractivity contribution in [3.63, 3.8) is 0 Å². The number of anilines is 4. The van der Waals surface area contributed by atoms with Gasteiger partial charge in [-0.25, -0.2) is 10.8 Å². The predicted molar refractivity (Wildman–Crippen MR) is 280 cm³/mol. The molecule has 11 N–H and O–H groups in total. The van der Waals surface area contributed by atoms with Gasteiger partial charge in [0.05, 0.1) is 16.8 Å². The van der Waals surface area contributed by atoms with Crippen LogP contribution in [-0.4, -0.2) is 45.0 Å². The second-order valence-electron chi connectivity index (χ2n) is 13.5. The summed E-state index contributed by atoms with van der Waals surface area (Å²) in [4.78, 5) is 25.9. The highest BCUT2D eigenvalue weighted by Crippen LogP contribution is 2.36. The molecule has 0 saturated carbocycles. The van der Waals surface area contributed by atoms with Crippen molar-refractivity contribution in [2.24, 2.45) is 16.6 Å². The summed E-state index contributed by atoms with van der Waals surface area (Å²) in [6, 6.07) is 36.5. The molecule has 7 aromatic rings. The van der Waals surface area contributed by atoms with E-state index in [9.17, 15) is 31.1 Å². The minimum atomic E-state index is -4.41. The number of alkyl halides is 6. The molecule has 68 heavy (non-hydrogen) atoms.